The van der Waals surface area contributed by atoms with Gasteiger partial charge in [-0.05, 0) is 18.4 Å². The van der Waals surface area contributed by atoms with E-state index in [0.29, 0.717) is 5.92 Å². The minimum Gasteiger partial charge on any atom is -0.259 e. The highest BCUT2D eigenvalue weighted by Crippen LogP contribution is 2.24. The van der Waals surface area contributed by atoms with Gasteiger partial charge in [0.2, 0.25) is 6.20 Å². The van der Waals surface area contributed by atoms with E-state index in [-0.39, 0.29) is 0 Å². The van der Waals surface area contributed by atoms with Gasteiger partial charge in [-0.25, -0.2) is 0 Å². The molecule has 0 amide bonds. The summed E-state index contributed by atoms with van der Waals surface area (Å²) in [5.41, 5.74) is 1.27. The number of thioether (sulfide) groups is 1. The summed E-state index contributed by atoms with van der Waals surface area (Å²) >= 11 is 1.53. The molecular weight excluding hydrogens is 222 g/mol. The molecule has 4 heteroatoms. The lowest BCUT2D eigenvalue weighted by Crippen LogP contribution is -1.96. The number of benzene rings is 1. The highest BCUT2D eigenvalue weighted by atomic mass is 32.2. The van der Waals surface area contributed by atoms with Gasteiger partial charge in [0, 0.05) is 5.75 Å². The van der Waals surface area contributed by atoms with Gasteiger partial charge in [0.15, 0.2) is 0 Å². The summed E-state index contributed by atoms with van der Waals surface area (Å²) in [5, 5.41) is 10.2. The Bertz CT molecular complexity index is 376. The average molecular weight is 237 g/mol. The second-order valence-electron chi connectivity index (χ2n) is 3.65. The van der Waals surface area contributed by atoms with Crippen LogP contribution in [0.4, 0.5) is 0 Å². The summed E-state index contributed by atoms with van der Waals surface area (Å²) < 4.78 is 0. The second-order valence-corrected chi connectivity index (χ2v) is 4.91. The van der Waals surface area contributed by atoms with Gasteiger partial charge < -0.3 is 0 Å². The summed E-state index contributed by atoms with van der Waals surface area (Å²) in [5.74, 6) is 1.27. The Morgan fingerprint density at radius 3 is 2.69 bits per heavy atom. The summed E-state index contributed by atoms with van der Waals surface area (Å²) in [6.45, 7) is 3.90. The number of hydrogen-bond donors (Lipinski definition) is 0. The lowest BCUT2D eigenvalue weighted by atomic mass is 10.0. The highest BCUT2D eigenvalue weighted by Gasteiger charge is 2.06. The number of nitro groups is 1. The number of hydrogen-bond acceptors (Lipinski definition) is 3. The van der Waals surface area contributed by atoms with Crippen molar-refractivity contribution in [1.82, 2.24) is 0 Å². The molecule has 86 valence electrons. The first kappa shape index (κ1) is 12.8. The number of rotatable bonds is 5. The third-order valence-corrected chi connectivity index (χ3v) is 3.44. The van der Waals surface area contributed by atoms with E-state index in [0.717, 1.165) is 16.9 Å². The summed E-state index contributed by atoms with van der Waals surface area (Å²) in [4.78, 5) is 10.6. The molecule has 16 heavy (non-hydrogen) atoms. The van der Waals surface area contributed by atoms with E-state index < -0.39 is 4.92 Å². The van der Waals surface area contributed by atoms with Crippen LogP contribution < -0.4 is 0 Å². The van der Waals surface area contributed by atoms with Gasteiger partial charge in [-0.2, -0.15) is 0 Å². The Balaban J connectivity index is 2.48. The molecule has 0 fully saturated rings. The summed E-state index contributed by atoms with van der Waals surface area (Å²) in [7, 11) is 0. The van der Waals surface area contributed by atoms with Gasteiger partial charge >= 0.3 is 0 Å². The van der Waals surface area contributed by atoms with Gasteiger partial charge in [-0.15, -0.1) is 11.8 Å². The van der Waals surface area contributed by atoms with Crippen molar-refractivity contribution in [3.05, 3.63) is 57.1 Å². The zero-order chi connectivity index (χ0) is 12.0. The molecule has 0 saturated carbocycles. The Morgan fingerprint density at radius 1 is 1.50 bits per heavy atom. The molecular formula is C12H15NO2S. The van der Waals surface area contributed by atoms with Crippen molar-refractivity contribution in [3.8, 4) is 0 Å². The van der Waals surface area contributed by atoms with Crippen LogP contribution >= 0.6 is 11.8 Å². The van der Waals surface area contributed by atoms with Crippen LogP contribution in [-0.2, 0) is 0 Å². The maximum Gasteiger partial charge on any atom is 0.243 e. The predicted octanol–water partition coefficient (Wildman–Crippen LogP) is 3.66. The fraction of sp³-hybridized carbons (Fsp3) is 0.333. The molecule has 0 aliphatic heterocycles. The largest absolute Gasteiger partial charge is 0.259 e. The smallest absolute Gasteiger partial charge is 0.243 e. The zero-order valence-corrected chi connectivity index (χ0v) is 10.2. The van der Waals surface area contributed by atoms with E-state index in [9.17, 15) is 10.1 Å². The van der Waals surface area contributed by atoms with Crippen LogP contribution in [0.25, 0.3) is 0 Å². The molecule has 1 atom stereocenters. The van der Waals surface area contributed by atoms with Crippen LogP contribution in [0.1, 0.15) is 25.3 Å². The maximum atomic E-state index is 10.2. The molecule has 0 N–H and O–H groups in total. The first-order valence-electron chi connectivity index (χ1n) is 5.09. The molecule has 0 bridgehead atoms. The van der Waals surface area contributed by atoms with Crippen LogP contribution in [0, 0.1) is 10.1 Å². The van der Waals surface area contributed by atoms with Crippen molar-refractivity contribution >= 4 is 11.8 Å². The average Bonchev–Trinajstić information content (AvgIpc) is 2.26. The Labute approximate surface area is 99.7 Å². The van der Waals surface area contributed by atoms with E-state index in [1.54, 1.807) is 6.92 Å². The monoisotopic (exact) mass is 237 g/mol. The third kappa shape index (κ3) is 4.49. The second kappa shape index (κ2) is 6.33. The van der Waals surface area contributed by atoms with Crippen LogP contribution in [0.15, 0.2) is 41.4 Å². The van der Waals surface area contributed by atoms with E-state index in [2.05, 4.69) is 19.1 Å². The van der Waals surface area contributed by atoms with Crippen molar-refractivity contribution in [2.24, 2.45) is 0 Å². The first-order chi connectivity index (χ1) is 7.59. The quantitative estimate of drug-likeness (QED) is 0.579. The van der Waals surface area contributed by atoms with Crippen molar-refractivity contribution in [1.29, 1.82) is 0 Å². The van der Waals surface area contributed by atoms with Crippen LogP contribution in [0.3, 0.4) is 0 Å². The van der Waals surface area contributed by atoms with Crippen molar-refractivity contribution in [2.75, 3.05) is 5.75 Å². The Hall–Kier alpha value is -1.29. The number of allylic oxidation sites excluding steroid dienone is 1. The zero-order valence-electron chi connectivity index (χ0n) is 9.42. The normalized spacial score (nSPS) is 13.5. The molecule has 1 aromatic rings. The lowest BCUT2D eigenvalue weighted by Gasteiger charge is -2.10. The molecule has 0 spiro atoms. The minimum absolute atomic E-state index is 0.404. The minimum atomic E-state index is -0.407. The Kier molecular flexibility index (Phi) is 5.05. The molecule has 0 saturated heterocycles. The first-order valence-corrected chi connectivity index (χ1v) is 6.08. The molecule has 0 aliphatic carbocycles. The molecule has 0 unspecified atom stereocenters. The molecule has 0 radical (unpaired) electrons. The lowest BCUT2D eigenvalue weighted by molar-refractivity contribution is -0.402. The van der Waals surface area contributed by atoms with Crippen molar-refractivity contribution in [2.45, 2.75) is 19.8 Å². The van der Waals surface area contributed by atoms with Gasteiger partial charge in [0.05, 0.1) is 9.83 Å². The van der Waals surface area contributed by atoms with Crippen molar-refractivity contribution < 1.29 is 4.92 Å². The molecule has 0 aliphatic rings. The number of nitrogens with zero attached hydrogens (tertiary/aromatic N) is 1. The van der Waals surface area contributed by atoms with E-state index in [1.165, 1.54) is 17.3 Å². The van der Waals surface area contributed by atoms with Gasteiger partial charge in [-0.3, -0.25) is 10.1 Å². The van der Waals surface area contributed by atoms with Crippen LogP contribution in [0.5, 0.6) is 0 Å². The SMILES string of the molecule is C/C(=C\[N+](=O)[O-])SC[C@@H](C)c1ccccc1. The maximum absolute atomic E-state index is 10.2. The standard InChI is InChI=1S/C12H15NO2S/c1-10(12-6-4-3-5-7-12)9-16-11(2)8-13(14)15/h3-8,10H,9H2,1-2H3/b11-8+/t10-/m1/s1. The van der Waals surface area contributed by atoms with E-state index in [1.807, 2.05) is 18.2 Å². The molecule has 3 nitrogen and oxygen atoms in total. The van der Waals surface area contributed by atoms with Crippen LogP contribution in [0.2, 0.25) is 0 Å². The Morgan fingerprint density at radius 2 is 2.12 bits per heavy atom. The molecule has 0 aromatic heterocycles. The van der Waals surface area contributed by atoms with Gasteiger partial charge in [0.25, 0.3) is 0 Å². The molecule has 0 heterocycles. The van der Waals surface area contributed by atoms with Gasteiger partial charge in [-0.1, -0.05) is 37.3 Å². The topological polar surface area (TPSA) is 43.1 Å². The third-order valence-electron chi connectivity index (χ3n) is 2.22. The van der Waals surface area contributed by atoms with E-state index in [4.69, 9.17) is 0 Å². The molecule has 1 rings (SSSR count). The van der Waals surface area contributed by atoms with Crippen LogP contribution in [-0.4, -0.2) is 10.7 Å². The van der Waals surface area contributed by atoms with Crippen molar-refractivity contribution in [3.63, 3.8) is 0 Å². The summed E-state index contributed by atoms with van der Waals surface area (Å²) in [6.07, 6.45) is 1.06. The fourth-order valence-corrected chi connectivity index (χ4v) is 2.19. The predicted molar refractivity (Wildman–Crippen MR) is 68.1 cm³/mol. The van der Waals surface area contributed by atoms with E-state index >= 15 is 0 Å². The van der Waals surface area contributed by atoms with Gasteiger partial charge in [0.1, 0.15) is 0 Å². The summed E-state index contributed by atoms with van der Waals surface area (Å²) in [6, 6.07) is 10.2. The molecule has 1 aromatic carbocycles. The highest BCUT2D eigenvalue weighted by molar-refractivity contribution is 8.03. The fourth-order valence-electron chi connectivity index (χ4n) is 1.32.